The summed E-state index contributed by atoms with van der Waals surface area (Å²) in [6, 6.07) is 0.137. The second-order valence-corrected chi connectivity index (χ2v) is 4.20. The van der Waals surface area contributed by atoms with Crippen LogP contribution in [0.2, 0.25) is 0 Å². The zero-order valence-electron chi connectivity index (χ0n) is 8.81. The van der Waals surface area contributed by atoms with Gasteiger partial charge in [0.15, 0.2) is 0 Å². The van der Waals surface area contributed by atoms with Crippen LogP contribution in [0.25, 0.3) is 0 Å². The molecule has 0 aromatic heterocycles. The molecule has 78 valence electrons. The lowest BCUT2D eigenvalue weighted by Gasteiger charge is -2.16. The summed E-state index contributed by atoms with van der Waals surface area (Å²) in [6.07, 6.45) is 4.06. The Morgan fingerprint density at radius 1 is 1.54 bits per heavy atom. The highest BCUT2D eigenvalue weighted by atomic mass is 16.5. The van der Waals surface area contributed by atoms with Crippen molar-refractivity contribution < 1.29 is 4.74 Å². The molecule has 1 aliphatic rings. The first-order chi connectivity index (χ1) is 6.22. The fraction of sp³-hybridized carbons (Fsp3) is 1.00. The van der Waals surface area contributed by atoms with E-state index >= 15 is 0 Å². The van der Waals surface area contributed by atoms with Gasteiger partial charge < -0.3 is 15.8 Å². The largest absolute Gasteiger partial charge is 0.383 e. The Morgan fingerprint density at radius 2 is 2.23 bits per heavy atom. The Labute approximate surface area is 81.0 Å². The standard InChI is InChI=1S/C10H22N2O/c1-3-10(4-5-10)8-12-6-9(11)7-13-2/h9,12H,3-8,11H2,1-2H3. The summed E-state index contributed by atoms with van der Waals surface area (Å²) < 4.78 is 4.96. The van der Waals surface area contributed by atoms with Crippen LogP contribution in [-0.2, 0) is 4.74 Å². The summed E-state index contributed by atoms with van der Waals surface area (Å²) in [5, 5.41) is 3.42. The maximum absolute atomic E-state index is 5.79. The molecule has 3 heteroatoms. The minimum Gasteiger partial charge on any atom is -0.383 e. The molecule has 1 aliphatic carbocycles. The van der Waals surface area contributed by atoms with Crippen molar-refractivity contribution in [1.29, 1.82) is 0 Å². The Morgan fingerprint density at radius 3 is 2.69 bits per heavy atom. The first-order valence-corrected chi connectivity index (χ1v) is 5.18. The third kappa shape index (κ3) is 3.63. The van der Waals surface area contributed by atoms with E-state index in [2.05, 4.69) is 12.2 Å². The van der Waals surface area contributed by atoms with Crippen LogP contribution in [0.1, 0.15) is 26.2 Å². The predicted molar refractivity (Wildman–Crippen MR) is 54.7 cm³/mol. The topological polar surface area (TPSA) is 47.3 Å². The molecule has 0 aromatic carbocycles. The smallest absolute Gasteiger partial charge is 0.0626 e. The molecule has 1 unspecified atom stereocenters. The van der Waals surface area contributed by atoms with Gasteiger partial charge in [0.2, 0.25) is 0 Å². The molecule has 3 N–H and O–H groups in total. The third-order valence-electron chi connectivity index (χ3n) is 2.99. The van der Waals surface area contributed by atoms with Crippen LogP contribution in [0.4, 0.5) is 0 Å². The minimum absolute atomic E-state index is 0.137. The quantitative estimate of drug-likeness (QED) is 0.616. The SMILES string of the molecule is CCC1(CNCC(N)COC)CC1. The molecule has 1 saturated carbocycles. The van der Waals surface area contributed by atoms with Crippen LogP contribution in [0.3, 0.4) is 0 Å². The Bertz CT molecular complexity index is 146. The van der Waals surface area contributed by atoms with Gasteiger partial charge in [0.05, 0.1) is 6.61 Å². The molecule has 0 saturated heterocycles. The van der Waals surface area contributed by atoms with E-state index in [9.17, 15) is 0 Å². The van der Waals surface area contributed by atoms with E-state index in [1.165, 1.54) is 19.3 Å². The molecule has 1 atom stereocenters. The molecule has 0 radical (unpaired) electrons. The van der Waals surface area contributed by atoms with E-state index < -0.39 is 0 Å². The lowest BCUT2D eigenvalue weighted by atomic mass is 10.0. The van der Waals surface area contributed by atoms with Gasteiger partial charge in [0, 0.05) is 26.2 Å². The molecule has 3 nitrogen and oxygen atoms in total. The molecule has 0 bridgehead atoms. The Kier molecular flexibility index (Phi) is 4.16. The van der Waals surface area contributed by atoms with E-state index in [0.29, 0.717) is 12.0 Å². The zero-order valence-corrected chi connectivity index (χ0v) is 8.81. The van der Waals surface area contributed by atoms with Gasteiger partial charge in [0.25, 0.3) is 0 Å². The van der Waals surface area contributed by atoms with Crippen LogP contribution < -0.4 is 11.1 Å². The average molecular weight is 186 g/mol. The minimum atomic E-state index is 0.137. The number of ether oxygens (including phenoxy) is 1. The highest BCUT2D eigenvalue weighted by Crippen LogP contribution is 2.47. The summed E-state index contributed by atoms with van der Waals surface area (Å²) in [5.74, 6) is 0. The van der Waals surface area contributed by atoms with Crippen LogP contribution in [0.5, 0.6) is 0 Å². The number of methoxy groups -OCH3 is 1. The third-order valence-corrected chi connectivity index (χ3v) is 2.99. The summed E-state index contributed by atoms with van der Waals surface area (Å²) in [6.45, 7) is 4.91. The molecule has 0 heterocycles. The predicted octanol–water partition coefficient (Wildman–Crippen LogP) is 0.740. The van der Waals surface area contributed by atoms with Crippen molar-refractivity contribution in [3.63, 3.8) is 0 Å². The second-order valence-electron chi connectivity index (χ2n) is 4.20. The summed E-state index contributed by atoms with van der Waals surface area (Å²) in [4.78, 5) is 0. The molecule has 13 heavy (non-hydrogen) atoms. The van der Waals surface area contributed by atoms with Gasteiger partial charge in [-0.05, 0) is 24.7 Å². The van der Waals surface area contributed by atoms with Crippen molar-refractivity contribution in [3.05, 3.63) is 0 Å². The van der Waals surface area contributed by atoms with Gasteiger partial charge in [-0.25, -0.2) is 0 Å². The Balaban J connectivity index is 2.00. The van der Waals surface area contributed by atoms with Gasteiger partial charge in [-0.1, -0.05) is 6.92 Å². The van der Waals surface area contributed by atoms with E-state index in [-0.39, 0.29) is 6.04 Å². The molecule has 0 aromatic rings. The van der Waals surface area contributed by atoms with Crippen molar-refractivity contribution in [2.45, 2.75) is 32.2 Å². The first-order valence-electron chi connectivity index (χ1n) is 5.18. The van der Waals surface area contributed by atoms with Gasteiger partial charge in [-0.2, -0.15) is 0 Å². The van der Waals surface area contributed by atoms with Crippen molar-refractivity contribution >= 4 is 0 Å². The molecule has 0 aliphatic heterocycles. The maximum Gasteiger partial charge on any atom is 0.0626 e. The summed E-state index contributed by atoms with van der Waals surface area (Å²) >= 11 is 0. The zero-order chi connectivity index (χ0) is 9.73. The summed E-state index contributed by atoms with van der Waals surface area (Å²) in [7, 11) is 1.69. The fourth-order valence-corrected chi connectivity index (χ4v) is 1.63. The van der Waals surface area contributed by atoms with E-state index in [4.69, 9.17) is 10.5 Å². The first kappa shape index (κ1) is 11.0. The van der Waals surface area contributed by atoms with Crippen molar-refractivity contribution in [1.82, 2.24) is 5.32 Å². The number of hydrogen-bond donors (Lipinski definition) is 2. The Hall–Kier alpha value is -0.120. The highest BCUT2D eigenvalue weighted by molar-refractivity contribution is 4.93. The van der Waals surface area contributed by atoms with Gasteiger partial charge in [-0.15, -0.1) is 0 Å². The molecule has 1 rings (SSSR count). The van der Waals surface area contributed by atoms with E-state index in [1.807, 2.05) is 0 Å². The summed E-state index contributed by atoms with van der Waals surface area (Å²) in [5.41, 5.74) is 6.41. The van der Waals surface area contributed by atoms with Gasteiger partial charge >= 0.3 is 0 Å². The lowest BCUT2D eigenvalue weighted by Crippen LogP contribution is -2.39. The lowest BCUT2D eigenvalue weighted by molar-refractivity contribution is 0.178. The molecule has 1 fully saturated rings. The molecular weight excluding hydrogens is 164 g/mol. The van der Waals surface area contributed by atoms with Crippen molar-refractivity contribution in [3.8, 4) is 0 Å². The molecule has 0 spiro atoms. The second kappa shape index (κ2) is 4.94. The molecule has 0 amide bonds. The normalized spacial score (nSPS) is 21.5. The van der Waals surface area contributed by atoms with Crippen LogP contribution in [-0.4, -0.2) is 32.8 Å². The van der Waals surface area contributed by atoms with Crippen LogP contribution >= 0.6 is 0 Å². The number of rotatable bonds is 7. The van der Waals surface area contributed by atoms with Gasteiger partial charge in [0.1, 0.15) is 0 Å². The van der Waals surface area contributed by atoms with Crippen LogP contribution in [0, 0.1) is 5.41 Å². The number of hydrogen-bond acceptors (Lipinski definition) is 3. The van der Waals surface area contributed by atoms with Gasteiger partial charge in [-0.3, -0.25) is 0 Å². The van der Waals surface area contributed by atoms with Crippen molar-refractivity contribution in [2.24, 2.45) is 11.1 Å². The van der Waals surface area contributed by atoms with Crippen molar-refractivity contribution in [2.75, 3.05) is 26.8 Å². The highest BCUT2D eigenvalue weighted by Gasteiger charge is 2.39. The van der Waals surface area contributed by atoms with Crippen LogP contribution in [0.15, 0.2) is 0 Å². The average Bonchev–Trinajstić information content (AvgIpc) is 2.86. The number of nitrogens with two attached hydrogens (primary N) is 1. The van der Waals surface area contributed by atoms with E-state index in [0.717, 1.165) is 13.1 Å². The number of nitrogens with one attached hydrogen (secondary N) is 1. The monoisotopic (exact) mass is 186 g/mol. The molecular formula is C10H22N2O. The maximum atomic E-state index is 5.79. The van der Waals surface area contributed by atoms with E-state index in [1.54, 1.807) is 7.11 Å². The fourth-order valence-electron chi connectivity index (χ4n) is 1.63.